The van der Waals surface area contributed by atoms with Gasteiger partial charge in [-0.15, -0.1) is 0 Å². The highest BCUT2D eigenvalue weighted by Crippen LogP contribution is 2.44. The van der Waals surface area contributed by atoms with Crippen molar-refractivity contribution in [2.75, 3.05) is 24.7 Å². The molecule has 1 heterocycles. The first kappa shape index (κ1) is 24.9. The molecule has 0 spiro atoms. The van der Waals surface area contributed by atoms with Crippen LogP contribution in [0.4, 0.5) is 5.69 Å². The van der Waals surface area contributed by atoms with Crippen molar-refractivity contribution in [1.29, 1.82) is 0 Å². The number of amides is 1. The Bertz CT molecular complexity index is 1280. The lowest BCUT2D eigenvalue weighted by Crippen LogP contribution is -2.29. The molecule has 1 amide bonds. The summed E-state index contributed by atoms with van der Waals surface area (Å²) in [6.07, 6.45) is 0. The number of carbonyl (C=O) groups excluding carboxylic acids is 2. The third-order valence-electron chi connectivity index (χ3n) is 5.78. The van der Waals surface area contributed by atoms with Gasteiger partial charge in [-0.3, -0.25) is 14.5 Å². The smallest absolute Gasteiger partial charge is 0.300 e. The van der Waals surface area contributed by atoms with Crippen LogP contribution in [0.1, 0.15) is 37.9 Å². The summed E-state index contributed by atoms with van der Waals surface area (Å²) >= 11 is 0. The van der Waals surface area contributed by atoms with Crippen molar-refractivity contribution in [3.63, 3.8) is 0 Å². The Hall–Kier alpha value is -4.26. The zero-order valence-corrected chi connectivity index (χ0v) is 20.6. The minimum absolute atomic E-state index is 0.0254. The normalized spacial score (nSPS) is 16.8. The molecular weight excluding hydrogens is 458 g/mol. The molecule has 1 saturated heterocycles. The van der Waals surface area contributed by atoms with E-state index >= 15 is 0 Å². The highest BCUT2D eigenvalue weighted by molar-refractivity contribution is 6.51. The van der Waals surface area contributed by atoms with Crippen LogP contribution in [0.25, 0.3) is 5.76 Å². The molecule has 0 bridgehead atoms. The number of hydrogen-bond donors (Lipinski definition) is 1. The molecule has 7 heteroatoms. The van der Waals surface area contributed by atoms with Crippen LogP contribution in [0, 0.1) is 0 Å². The first-order valence-electron chi connectivity index (χ1n) is 12.0. The van der Waals surface area contributed by atoms with Crippen molar-refractivity contribution in [1.82, 2.24) is 0 Å². The summed E-state index contributed by atoms with van der Waals surface area (Å²) in [6, 6.07) is 20.3. The third-order valence-corrected chi connectivity index (χ3v) is 5.78. The molecule has 0 saturated carbocycles. The van der Waals surface area contributed by atoms with Gasteiger partial charge in [0.2, 0.25) is 0 Å². The topological polar surface area (TPSA) is 85.3 Å². The lowest BCUT2D eigenvalue weighted by Gasteiger charge is -2.26. The fourth-order valence-electron chi connectivity index (χ4n) is 4.32. The van der Waals surface area contributed by atoms with E-state index in [1.54, 1.807) is 60.7 Å². The van der Waals surface area contributed by atoms with Crippen LogP contribution >= 0.6 is 0 Å². The van der Waals surface area contributed by atoms with Crippen molar-refractivity contribution in [3.8, 4) is 17.2 Å². The number of nitrogens with zero attached hydrogens (tertiary/aromatic N) is 1. The summed E-state index contributed by atoms with van der Waals surface area (Å²) in [5.74, 6) is -0.287. The van der Waals surface area contributed by atoms with Gasteiger partial charge in [0.15, 0.2) is 0 Å². The summed E-state index contributed by atoms with van der Waals surface area (Å²) in [4.78, 5) is 28.2. The second kappa shape index (κ2) is 11.0. The van der Waals surface area contributed by atoms with Gasteiger partial charge in [0, 0.05) is 11.8 Å². The number of Topliss-reactive ketones (excluding diaryl/α,β-unsaturated/α-hetero) is 1. The predicted octanol–water partition coefficient (Wildman–Crippen LogP) is 5.51. The van der Waals surface area contributed by atoms with Crippen molar-refractivity contribution >= 4 is 23.1 Å². The highest BCUT2D eigenvalue weighted by atomic mass is 16.5. The number of aliphatic hydroxyl groups excluding tert-OH is 1. The minimum atomic E-state index is -0.867. The molecule has 0 aromatic heterocycles. The molecule has 1 aliphatic rings. The van der Waals surface area contributed by atoms with Crippen molar-refractivity contribution in [3.05, 3.63) is 89.5 Å². The van der Waals surface area contributed by atoms with E-state index in [9.17, 15) is 14.7 Å². The van der Waals surface area contributed by atoms with Crippen LogP contribution in [0.5, 0.6) is 17.2 Å². The molecule has 0 radical (unpaired) electrons. The van der Waals surface area contributed by atoms with E-state index in [0.29, 0.717) is 53.9 Å². The number of rotatable bonds is 9. The summed E-state index contributed by atoms with van der Waals surface area (Å²) in [5, 5.41) is 11.5. The lowest BCUT2D eigenvalue weighted by molar-refractivity contribution is -0.132. The van der Waals surface area contributed by atoms with Gasteiger partial charge >= 0.3 is 0 Å². The molecule has 3 aromatic rings. The monoisotopic (exact) mass is 487 g/mol. The Morgan fingerprint density at radius 3 is 2.14 bits per heavy atom. The van der Waals surface area contributed by atoms with E-state index in [0.717, 1.165) is 0 Å². The molecule has 0 aliphatic carbocycles. The second-order valence-electron chi connectivity index (χ2n) is 8.03. The number of ketones is 1. The Kier molecular flexibility index (Phi) is 7.59. The number of ether oxygens (including phenoxy) is 3. The van der Waals surface area contributed by atoms with Gasteiger partial charge in [-0.2, -0.15) is 0 Å². The molecule has 36 heavy (non-hydrogen) atoms. The van der Waals surface area contributed by atoms with E-state index in [4.69, 9.17) is 14.2 Å². The van der Waals surface area contributed by atoms with Crippen LogP contribution in [-0.2, 0) is 9.59 Å². The molecule has 1 N–H and O–H groups in total. The van der Waals surface area contributed by atoms with E-state index in [2.05, 4.69) is 0 Å². The van der Waals surface area contributed by atoms with Gasteiger partial charge in [-0.25, -0.2) is 0 Å². The highest BCUT2D eigenvalue weighted by Gasteiger charge is 2.47. The molecule has 1 fully saturated rings. The Morgan fingerprint density at radius 2 is 1.47 bits per heavy atom. The maximum atomic E-state index is 13.4. The van der Waals surface area contributed by atoms with Gasteiger partial charge in [-0.1, -0.05) is 30.3 Å². The van der Waals surface area contributed by atoms with Crippen LogP contribution in [0.15, 0.2) is 78.4 Å². The Morgan fingerprint density at radius 1 is 0.806 bits per heavy atom. The molecule has 1 atom stereocenters. The fraction of sp³-hybridized carbons (Fsp3) is 0.241. The van der Waals surface area contributed by atoms with Gasteiger partial charge in [-0.05, 0) is 62.7 Å². The predicted molar refractivity (Wildman–Crippen MR) is 138 cm³/mol. The zero-order valence-electron chi connectivity index (χ0n) is 20.6. The number of benzene rings is 3. The van der Waals surface area contributed by atoms with Gasteiger partial charge in [0.25, 0.3) is 11.7 Å². The van der Waals surface area contributed by atoms with E-state index in [1.165, 1.54) is 4.90 Å². The molecular formula is C29H29NO6. The zero-order chi connectivity index (χ0) is 25.7. The summed E-state index contributed by atoms with van der Waals surface area (Å²) in [6.45, 7) is 6.85. The molecule has 186 valence electrons. The van der Waals surface area contributed by atoms with E-state index in [-0.39, 0.29) is 11.3 Å². The van der Waals surface area contributed by atoms with Crippen LogP contribution in [0.2, 0.25) is 0 Å². The third kappa shape index (κ3) is 4.77. The SMILES string of the molecule is CCOc1cccc(C2/C(=C(/O)c3ccc(OCC)cc3OCC)C(=O)C(=O)N2c2ccccc2)c1. The number of aliphatic hydroxyl groups is 1. The summed E-state index contributed by atoms with van der Waals surface area (Å²) in [5.41, 5.74) is 1.46. The van der Waals surface area contributed by atoms with Gasteiger partial charge in [0.05, 0.1) is 37.0 Å². The molecule has 7 nitrogen and oxygen atoms in total. The van der Waals surface area contributed by atoms with Gasteiger partial charge < -0.3 is 19.3 Å². The standard InChI is InChI=1S/C29H29NO6/c1-4-34-21-14-10-11-19(17-21)26-25(28(32)29(33)30(26)20-12-8-7-9-13-20)27(31)23-16-15-22(35-5-2)18-24(23)36-6-3/h7-18,26,31H,4-6H2,1-3H3/b27-25-. The van der Waals surface area contributed by atoms with Crippen LogP contribution < -0.4 is 19.1 Å². The summed E-state index contributed by atoms with van der Waals surface area (Å²) in [7, 11) is 0. The quantitative estimate of drug-likeness (QED) is 0.243. The lowest BCUT2D eigenvalue weighted by atomic mass is 9.94. The van der Waals surface area contributed by atoms with Crippen LogP contribution in [0.3, 0.4) is 0 Å². The van der Waals surface area contributed by atoms with Crippen molar-refractivity contribution < 1.29 is 28.9 Å². The average Bonchev–Trinajstić information content (AvgIpc) is 3.15. The minimum Gasteiger partial charge on any atom is -0.507 e. The van der Waals surface area contributed by atoms with E-state index in [1.807, 2.05) is 32.9 Å². The van der Waals surface area contributed by atoms with Crippen molar-refractivity contribution in [2.24, 2.45) is 0 Å². The molecule has 4 rings (SSSR count). The summed E-state index contributed by atoms with van der Waals surface area (Å²) < 4.78 is 17.0. The molecule has 1 unspecified atom stereocenters. The largest absolute Gasteiger partial charge is 0.507 e. The average molecular weight is 488 g/mol. The Balaban J connectivity index is 1.94. The molecule has 3 aromatic carbocycles. The second-order valence-corrected chi connectivity index (χ2v) is 8.03. The number of hydrogen-bond acceptors (Lipinski definition) is 6. The first-order valence-corrected chi connectivity index (χ1v) is 12.0. The number of carbonyl (C=O) groups is 2. The fourth-order valence-corrected chi connectivity index (χ4v) is 4.32. The van der Waals surface area contributed by atoms with Gasteiger partial charge in [0.1, 0.15) is 23.0 Å². The van der Waals surface area contributed by atoms with Crippen molar-refractivity contribution in [2.45, 2.75) is 26.8 Å². The molecule has 1 aliphatic heterocycles. The first-order chi connectivity index (χ1) is 17.5. The number of anilines is 1. The maximum Gasteiger partial charge on any atom is 0.300 e. The maximum absolute atomic E-state index is 13.4. The number of para-hydroxylation sites is 1. The Labute approximate surface area is 210 Å². The van der Waals surface area contributed by atoms with E-state index < -0.39 is 17.7 Å². The van der Waals surface area contributed by atoms with Crippen LogP contribution in [-0.4, -0.2) is 36.6 Å².